The Kier molecular flexibility index (Phi) is 6.51. The van der Waals surface area contributed by atoms with Crippen molar-refractivity contribution in [3.63, 3.8) is 0 Å². The first-order chi connectivity index (χ1) is 9.78. The van der Waals surface area contributed by atoms with Crippen molar-refractivity contribution in [2.24, 2.45) is 5.92 Å². The molecule has 2 rings (SSSR count). The van der Waals surface area contributed by atoms with Gasteiger partial charge in [0.25, 0.3) is 0 Å². The molecule has 0 saturated carbocycles. The number of methoxy groups -OCH3 is 1. The summed E-state index contributed by atoms with van der Waals surface area (Å²) in [5, 5.41) is 3.67. The van der Waals surface area contributed by atoms with Gasteiger partial charge in [0.2, 0.25) is 0 Å². The first kappa shape index (κ1) is 15.5. The number of nitrogens with zero attached hydrogens (tertiary/aromatic N) is 1. The van der Waals surface area contributed by atoms with Gasteiger partial charge in [-0.3, -0.25) is 0 Å². The highest BCUT2D eigenvalue weighted by Crippen LogP contribution is 2.11. The molecule has 2 atom stereocenters. The zero-order valence-corrected chi connectivity index (χ0v) is 12.8. The molecule has 1 fully saturated rings. The molecule has 1 aliphatic rings. The van der Waals surface area contributed by atoms with Gasteiger partial charge in [0.15, 0.2) is 0 Å². The Bertz CT molecular complexity index is 369. The smallest absolute Gasteiger partial charge is 0.0499 e. The van der Waals surface area contributed by atoms with Crippen LogP contribution in [0.25, 0.3) is 0 Å². The average Bonchev–Trinajstić information content (AvgIpc) is 2.92. The molecule has 3 heteroatoms. The molecular formula is C17H28N2O. The molecule has 2 unspecified atom stereocenters. The standard InChI is InChI=1S/C17H28N2O/c1-15(14-20-2)12-18-17-9-11-19(13-17)10-8-16-6-4-3-5-7-16/h3-7,15,17-18H,8-14H2,1-2H3. The summed E-state index contributed by atoms with van der Waals surface area (Å²) in [7, 11) is 1.78. The summed E-state index contributed by atoms with van der Waals surface area (Å²) in [4.78, 5) is 2.58. The van der Waals surface area contributed by atoms with E-state index in [0.717, 1.165) is 19.6 Å². The van der Waals surface area contributed by atoms with Gasteiger partial charge in [-0.25, -0.2) is 0 Å². The van der Waals surface area contributed by atoms with Crippen LogP contribution in [0.15, 0.2) is 30.3 Å². The molecule has 1 N–H and O–H groups in total. The normalized spacial score (nSPS) is 21.2. The van der Waals surface area contributed by atoms with Gasteiger partial charge in [-0.2, -0.15) is 0 Å². The van der Waals surface area contributed by atoms with Crippen molar-refractivity contribution in [2.75, 3.05) is 39.9 Å². The van der Waals surface area contributed by atoms with Crippen LogP contribution >= 0.6 is 0 Å². The lowest BCUT2D eigenvalue weighted by Crippen LogP contribution is -2.36. The van der Waals surface area contributed by atoms with E-state index in [0.29, 0.717) is 12.0 Å². The summed E-state index contributed by atoms with van der Waals surface area (Å²) < 4.78 is 5.18. The molecular weight excluding hydrogens is 248 g/mol. The van der Waals surface area contributed by atoms with Crippen molar-refractivity contribution in [3.8, 4) is 0 Å². The summed E-state index contributed by atoms with van der Waals surface area (Å²) in [6.07, 6.45) is 2.43. The van der Waals surface area contributed by atoms with Gasteiger partial charge in [-0.15, -0.1) is 0 Å². The van der Waals surface area contributed by atoms with Crippen molar-refractivity contribution < 1.29 is 4.74 Å². The highest BCUT2D eigenvalue weighted by atomic mass is 16.5. The lowest BCUT2D eigenvalue weighted by molar-refractivity contribution is 0.157. The molecule has 0 spiro atoms. The number of hydrogen-bond donors (Lipinski definition) is 1. The molecule has 0 aromatic heterocycles. The average molecular weight is 276 g/mol. The van der Waals surface area contributed by atoms with E-state index in [4.69, 9.17) is 4.74 Å². The lowest BCUT2D eigenvalue weighted by atomic mass is 10.1. The second-order valence-corrected chi connectivity index (χ2v) is 5.99. The molecule has 0 bridgehead atoms. The van der Waals surface area contributed by atoms with Gasteiger partial charge in [-0.1, -0.05) is 37.3 Å². The monoisotopic (exact) mass is 276 g/mol. The summed E-state index contributed by atoms with van der Waals surface area (Å²) in [5.41, 5.74) is 1.44. The van der Waals surface area contributed by atoms with Crippen LogP contribution in [0.3, 0.4) is 0 Å². The molecule has 1 saturated heterocycles. The third-order valence-corrected chi connectivity index (χ3v) is 4.04. The van der Waals surface area contributed by atoms with E-state index in [2.05, 4.69) is 47.5 Å². The number of benzene rings is 1. The van der Waals surface area contributed by atoms with Crippen molar-refractivity contribution >= 4 is 0 Å². The summed E-state index contributed by atoms with van der Waals surface area (Å²) >= 11 is 0. The van der Waals surface area contributed by atoms with E-state index < -0.39 is 0 Å². The second kappa shape index (κ2) is 8.40. The van der Waals surface area contributed by atoms with Gasteiger partial charge >= 0.3 is 0 Å². The Hall–Kier alpha value is -0.900. The largest absolute Gasteiger partial charge is 0.384 e. The fraction of sp³-hybridized carbons (Fsp3) is 0.647. The van der Waals surface area contributed by atoms with Gasteiger partial charge in [0, 0.05) is 39.4 Å². The van der Waals surface area contributed by atoms with Crippen LogP contribution in [0.5, 0.6) is 0 Å². The SMILES string of the molecule is COCC(C)CNC1CCN(CCc2ccccc2)C1. The molecule has 1 aromatic carbocycles. The fourth-order valence-electron chi connectivity index (χ4n) is 2.85. The molecule has 1 aromatic rings. The summed E-state index contributed by atoms with van der Waals surface area (Å²) in [6, 6.07) is 11.4. The second-order valence-electron chi connectivity index (χ2n) is 5.99. The maximum Gasteiger partial charge on any atom is 0.0499 e. The van der Waals surface area contributed by atoms with Crippen molar-refractivity contribution in [1.29, 1.82) is 0 Å². The lowest BCUT2D eigenvalue weighted by Gasteiger charge is -2.18. The molecule has 1 heterocycles. The number of hydrogen-bond acceptors (Lipinski definition) is 3. The summed E-state index contributed by atoms with van der Waals surface area (Å²) in [5.74, 6) is 0.596. The van der Waals surface area contributed by atoms with Crippen LogP contribution in [-0.2, 0) is 11.2 Å². The number of likely N-dealkylation sites (tertiary alicyclic amines) is 1. The molecule has 0 amide bonds. The molecule has 1 aliphatic heterocycles. The van der Waals surface area contributed by atoms with E-state index in [1.807, 2.05) is 0 Å². The Morgan fingerprint density at radius 1 is 1.35 bits per heavy atom. The van der Waals surface area contributed by atoms with Crippen LogP contribution in [0.4, 0.5) is 0 Å². The molecule has 112 valence electrons. The topological polar surface area (TPSA) is 24.5 Å². The van der Waals surface area contributed by atoms with Crippen LogP contribution in [0.1, 0.15) is 18.9 Å². The van der Waals surface area contributed by atoms with Crippen LogP contribution in [0.2, 0.25) is 0 Å². The molecule has 3 nitrogen and oxygen atoms in total. The minimum absolute atomic E-state index is 0.596. The van der Waals surface area contributed by atoms with Gasteiger partial charge in [0.1, 0.15) is 0 Å². The van der Waals surface area contributed by atoms with E-state index in [9.17, 15) is 0 Å². The van der Waals surface area contributed by atoms with Crippen LogP contribution in [-0.4, -0.2) is 50.8 Å². The first-order valence-corrected chi connectivity index (χ1v) is 7.76. The predicted molar refractivity (Wildman–Crippen MR) is 84.0 cm³/mol. The maximum atomic E-state index is 5.18. The number of nitrogens with one attached hydrogen (secondary N) is 1. The third kappa shape index (κ3) is 5.23. The van der Waals surface area contributed by atoms with E-state index in [1.54, 1.807) is 7.11 Å². The first-order valence-electron chi connectivity index (χ1n) is 7.76. The Labute approximate surface area is 123 Å². The van der Waals surface area contributed by atoms with Crippen LogP contribution in [0, 0.1) is 5.92 Å². The van der Waals surface area contributed by atoms with Crippen molar-refractivity contribution in [2.45, 2.75) is 25.8 Å². The van der Waals surface area contributed by atoms with E-state index in [1.165, 1.54) is 31.6 Å². The molecule has 0 aliphatic carbocycles. The highest BCUT2D eigenvalue weighted by molar-refractivity contribution is 5.14. The maximum absolute atomic E-state index is 5.18. The van der Waals surface area contributed by atoms with Crippen molar-refractivity contribution in [1.82, 2.24) is 10.2 Å². The van der Waals surface area contributed by atoms with Gasteiger partial charge in [-0.05, 0) is 30.9 Å². The minimum atomic E-state index is 0.596. The number of ether oxygens (including phenoxy) is 1. The Morgan fingerprint density at radius 2 is 2.15 bits per heavy atom. The fourth-order valence-corrected chi connectivity index (χ4v) is 2.85. The Balaban J connectivity index is 1.62. The number of rotatable bonds is 8. The predicted octanol–water partition coefficient (Wildman–Crippen LogP) is 2.18. The quantitative estimate of drug-likeness (QED) is 0.787. The minimum Gasteiger partial charge on any atom is -0.384 e. The van der Waals surface area contributed by atoms with Crippen LogP contribution < -0.4 is 5.32 Å². The third-order valence-electron chi connectivity index (χ3n) is 4.04. The zero-order chi connectivity index (χ0) is 14.2. The molecule has 0 radical (unpaired) electrons. The van der Waals surface area contributed by atoms with E-state index >= 15 is 0 Å². The van der Waals surface area contributed by atoms with Crippen molar-refractivity contribution in [3.05, 3.63) is 35.9 Å². The zero-order valence-electron chi connectivity index (χ0n) is 12.8. The summed E-state index contributed by atoms with van der Waals surface area (Å²) in [6.45, 7) is 7.73. The van der Waals surface area contributed by atoms with E-state index in [-0.39, 0.29) is 0 Å². The van der Waals surface area contributed by atoms with Gasteiger partial charge in [0.05, 0.1) is 0 Å². The highest BCUT2D eigenvalue weighted by Gasteiger charge is 2.21. The molecule has 20 heavy (non-hydrogen) atoms. The Morgan fingerprint density at radius 3 is 2.90 bits per heavy atom. The van der Waals surface area contributed by atoms with Gasteiger partial charge < -0.3 is 15.0 Å².